The Hall–Kier alpha value is -2.25. The first kappa shape index (κ1) is 22.0. The molecule has 4 atom stereocenters. The number of anilines is 1. The molecule has 2 aliphatic heterocycles. The van der Waals surface area contributed by atoms with Crippen molar-refractivity contribution in [2.24, 2.45) is 23.7 Å². The highest BCUT2D eigenvalue weighted by Gasteiger charge is 2.54. The van der Waals surface area contributed by atoms with E-state index in [2.05, 4.69) is 34.1 Å². The number of carbonyl (C=O) groups is 2. The third-order valence-electron chi connectivity index (χ3n) is 9.50. The summed E-state index contributed by atoms with van der Waals surface area (Å²) in [7, 11) is 0. The summed E-state index contributed by atoms with van der Waals surface area (Å²) in [5.74, 6) is 2.66. The number of aromatic nitrogens is 1. The molecule has 5 aliphatic rings. The van der Waals surface area contributed by atoms with E-state index in [4.69, 9.17) is 4.37 Å². The zero-order valence-corrected chi connectivity index (χ0v) is 21.1. The van der Waals surface area contributed by atoms with Crippen LogP contribution in [0.25, 0.3) is 10.1 Å². The first-order valence-electron chi connectivity index (χ1n) is 13.6. The van der Waals surface area contributed by atoms with Crippen LogP contribution in [-0.4, -0.2) is 65.3 Å². The molecule has 1 aromatic carbocycles. The Labute approximate surface area is 211 Å². The summed E-state index contributed by atoms with van der Waals surface area (Å²) >= 11 is 1.59. The Kier molecular flexibility index (Phi) is 5.46. The van der Waals surface area contributed by atoms with Crippen molar-refractivity contribution < 1.29 is 9.59 Å². The maximum absolute atomic E-state index is 13.2. The van der Waals surface area contributed by atoms with E-state index in [9.17, 15) is 9.59 Å². The van der Waals surface area contributed by atoms with Gasteiger partial charge >= 0.3 is 0 Å². The molecule has 0 N–H and O–H groups in total. The van der Waals surface area contributed by atoms with Gasteiger partial charge in [0.05, 0.1) is 10.6 Å². The minimum atomic E-state index is -0.0943. The number of piperazine rings is 1. The predicted molar refractivity (Wildman–Crippen MR) is 138 cm³/mol. The van der Waals surface area contributed by atoms with E-state index in [1.54, 1.807) is 16.4 Å². The summed E-state index contributed by atoms with van der Waals surface area (Å²) < 4.78 is 6.02. The van der Waals surface area contributed by atoms with Crippen molar-refractivity contribution in [3.63, 3.8) is 0 Å². The Bertz CT molecular complexity index is 1200. The van der Waals surface area contributed by atoms with E-state index in [1.807, 2.05) is 0 Å². The van der Waals surface area contributed by atoms with Crippen LogP contribution in [0.5, 0.6) is 0 Å². The zero-order chi connectivity index (χ0) is 23.5. The van der Waals surface area contributed by atoms with Gasteiger partial charge in [-0.3, -0.25) is 19.4 Å². The molecule has 7 rings (SSSR count). The van der Waals surface area contributed by atoms with Crippen molar-refractivity contribution in [3.05, 3.63) is 35.4 Å². The van der Waals surface area contributed by atoms with Crippen LogP contribution in [0.15, 0.2) is 35.4 Å². The summed E-state index contributed by atoms with van der Waals surface area (Å²) in [5.41, 5.74) is 2.20. The smallest absolute Gasteiger partial charge is 0.257 e. The summed E-state index contributed by atoms with van der Waals surface area (Å²) in [6, 6.07) is 8.52. The molecular weight excluding hydrogens is 456 g/mol. The average Bonchev–Trinajstić information content (AvgIpc) is 3.66. The van der Waals surface area contributed by atoms with Crippen molar-refractivity contribution in [1.29, 1.82) is 0 Å². The van der Waals surface area contributed by atoms with E-state index >= 15 is 0 Å². The molecule has 184 valence electrons. The lowest BCUT2D eigenvalue weighted by Gasteiger charge is -2.40. The molecule has 7 heteroatoms. The van der Waals surface area contributed by atoms with Crippen LogP contribution >= 0.6 is 11.5 Å². The Balaban J connectivity index is 0.997. The molecule has 0 radical (unpaired) electrons. The highest BCUT2D eigenvalue weighted by molar-refractivity contribution is 7.13. The van der Waals surface area contributed by atoms with Crippen molar-refractivity contribution in [1.82, 2.24) is 14.2 Å². The predicted octanol–water partition coefficient (Wildman–Crippen LogP) is 4.32. The molecule has 0 spiro atoms. The van der Waals surface area contributed by atoms with Crippen LogP contribution in [0.4, 0.5) is 5.82 Å². The van der Waals surface area contributed by atoms with Gasteiger partial charge in [0, 0.05) is 50.2 Å². The van der Waals surface area contributed by atoms with E-state index < -0.39 is 0 Å². The SMILES string of the molecule is O=C1C2=C3CC[C@@H](C3)[C@H]2C(=O)N1CC1CCCCC1CN1CCN(c2nsc3ccccc23)CC1. The lowest BCUT2D eigenvalue weighted by molar-refractivity contribution is -0.141. The van der Waals surface area contributed by atoms with Crippen LogP contribution in [0.2, 0.25) is 0 Å². The van der Waals surface area contributed by atoms with E-state index in [0.717, 1.165) is 69.8 Å². The van der Waals surface area contributed by atoms with Gasteiger partial charge < -0.3 is 4.90 Å². The standard InChI is InChI=1S/C28H34N4O2S/c33-27-24-18-9-10-19(15-18)25(24)28(34)32(27)17-21-6-2-1-5-20(21)16-30-11-13-31(14-12-30)26-22-7-3-4-8-23(22)35-29-26/h3-4,7-8,18,20-21,24H,1-2,5-6,9-17H2/t18-,20?,21?,24+/m0/s1. The molecule has 3 heterocycles. The minimum absolute atomic E-state index is 0.0608. The number of amides is 2. The normalized spacial score (nSPS) is 31.3. The number of rotatable bonds is 5. The van der Waals surface area contributed by atoms with Gasteiger partial charge in [-0.2, -0.15) is 4.37 Å². The van der Waals surface area contributed by atoms with Crippen LogP contribution in [-0.2, 0) is 9.59 Å². The van der Waals surface area contributed by atoms with E-state index in [0.29, 0.717) is 24.3 Å². The molecular formula is C28H34N4O2S. The molecule has 2 saturated heterocycles. The van der Waals surface area contributed by atoms with Gasteiger partial charge in [-0.25, -0.2) is 0 Å². The van der Waals surface area contributed by atoms with Crippen LogP contribution < -0.4 is 4.90 Å². The number of hydrogen-bond donors (Lipinski definition) is 0. The Morgan fingerprint density at radius 3 is 2.51 bits per heavy atom. The first-order valence-corrected chi connectivity index (χ1v) is 14.3. The summed E-state index contributed by atoms with van der Waals surface area (Å²) in [5, 5.41) is 1.27. The fourth-order valence-corrected chi connectivity index (χ4v) is 8.43. The second kappa shape index (κ2) is 8.70. The monoisotopic (exact) mass is 490 g/mol. The fraction of sp³-hybridized carbons (Fsp3) is 0.607. The third-order valence-corrected chi connectivity index (χ3v) is 10.3. The van der Waals surface area contributed by atoms with Gasteiger partial charge in [0.25, 0.3) is 5.91 Å². The van der Waals surface area contributed by atoms with Crippen LogP contribution in [0, 0.1) is 23.7 Å². The van der Waals surface area contributed by atoms with Gasteiger partial charge in [-0.15, -0.1) is 0 Å². The molecule has 6 nitrogen and oxygen atoms in total. The highest BCUT2D eigenvalue weighted by atomic mass is 32.1. The molecule has 3 aliphatic carbocycles. The zero-order valence-electron chi connectivity index (χ0n) is 20.3. The lowest BCUT2D eigenvalue weighted by atomic mass is 9.78. The van der Waals surface area contributed by atoms with Gasteiger partial charge in [0.2, 0.25) is 5.91 Å². The number of imide groups is 1. The summed E-state index contributed by atoms with van der Waals surface area (Å²) in [4.78, 5) is 33.2. The number of carbonyl (C=O) groups excluding carboxylic acids is 2. The Morgan fingerprint density at radius 2 is 1.71 bits per heavy atom. The number of allylic oxidation sites excluding steroid dienone is 1. The summed E-state index contributed by atoms with van der Waals surface area (Å²) in [6.45, 7) is 5.86. The number of likely N-dealkylation sites (tertiary alicyclic amines) is 1. The van der Waals surface area contributed by atoms with Gasteiger partial charge in [0.15, 0.2) is 0 Å². The first-order chi connectivity index (χ1) is 17.2. The second-order valence-corrected chi connectivity index (χ2v) is 12.2. The molecule has 2 amide bonds. The van der Waals surface area contributed by atoms with Gasteiger partial charge in [0.1, 0.15) is 5.82 Å². The van der Waals surface area contributed by atoms with Crippen molar-refractivity contribution in [2.45, 2.75) is 44.9 Å². The number of hydrogen-bond acceptors (Lipinski definition) is 6. The lowest BCUT2D eigenvalue weighted by Crippen LogP contribution is -2.49. The maximum Gasteiger partial charge on any atom is 0.257 e. The molecule has 35 heavy (non-hydrogen) atoms. The van der Waals surface area contributed by atoms with Crippen molar-refractivity contribution in [2.75, 3.05) is 44.2 Å². The van der Waals surface area contributed by atoms with Crippen LogP contribution in [0.3, 0.4) is 0 Å². The molecule has 4 fully saturated rings. The molecule has 2 bridgehead atoms. The molecule has 2 unspecified atom stereocenters. The average molecular weight is 491 g/mol. The van der Waals surface area contributed by atoms with Crippen LogP contribution in [0.1, 0.15) is 44.9 Å². The number of fused-ring (bicyclic) bond motifs is 5. The second-order valence-electron chi connectivity index (χ2n) is 11.3. The van der Waals surface area contributed by atoms with E-state index in [-0.39, 0.29) is 17.7 Å². The molecule has 1 aromatic heterocycles. The summed E-state index contributed by atoms with van der Waals surface area (Å²) in [6.07, 6.45) is 8.00. The largest absolute Gasteiger partial charge is 0.353 e. The minimum Gasteiger partial charge on any atom is -0.353 e. The van der Waals surface area contributed by atoms with Gasteiger partial charge in [-0.1, -0.05) is 30.5 Å². The quantitative estimate of drug-likeness (QED) is 0.585. The van der Waals surface area contributed by atoms with Gasteiger partial charge in [-0.05, 0) is 73.5 Å². The van der Waals surface area contributed by atoms with E-state index in [1.165, 1.54) is 34.9 Å². The molecule has 2 aromatic rings. The third kappa shape index (κ3) is 3.65. The maximum atomic E-state index is 13.2. The Morgan fingerprint density at radius 1 is 0.943 bits per heavy atom. The van der Waals surface area contributed by atoms with Crippen molar-refractivity contribution >= 4 is 39.3 Å². The fourth-order valence-electron chi connectivity index (χ4n) is 7.63. The highest BCUT2D eigenvalue weighted by Crippen LogP contribution is 2.52. The topological polar surface area (TPSA) is 56.8 Å². The van der Waals surface area contributed by atoms with Crippen molar-refractivity contribution in [3.8, 4) is 0 Å². The number of benzene rings is 1. The number of nitrogens with zero attached hydrogens (tertiary/aromatic N) is 4. The molecule has 2 saturated carbocycles.